The molecule has 0 bridgehead atoms. The summed E-state index contributed by atoms with van der Waals surface area (Å²) in [5.74, 6) is -0.125. The molecule has 0 aliphatic carbocycles. The molecule has 1 aliphatic heterocycles. The van der Waals surface area contributed by atoms with Gasteiger partial charge in [0.25, 0.3) is 10.0 Å². The lowest BCUT2D eigenvalue weighted by Gasteiger charge is -2.35. The number of esters is 1. The first-order chi connectivity index (χ1) is 18.1. The van der Waals surface area contributed by atoms with Crippen LogP contribution in [0, 0.1) is 5.82 Å². The second-order valence-corrected chi connectivity index (χ2v) is 11.0. The van der Waals surface area contributed by atoms with Crippen molar-refractivity contribution in [3.8, 4) is 11.5 Å². The molecule has 7 nitrogen and oxygen atoms in total. The lowest BCUT2D eigenvalue weighted by Crippen LogP contribution is -2.43. The average molecular weight is 560 g/mol. The molecule has 0 spiro atoms. The van der Waals surface area contributed by atoms with Gasteiger partial charge >= 0.3 is 5.97 Å². The maximum atomic E-state index is 14.5. The molecule has 1 unspecified atom stereocenters. The number of benzene rings is 3. The van der Waals surface area contributed by atoms with Gasteiger partial charge in [-0.1, -0.05) is 35.9 Å². The van der Waals surface area contributed by atoms with E-state index in [1.165, 1.54) is 42.8 Å². The fraction of sp³-hybridized carbons (Fsp3) is 0.250. The molecule has 1 heterocycles. The predicted octanol–water partition coefficient (Wildman–Crippen LogP) is 5.96. The Hall–Kier alpha value is -3.56. The lowest BCUT2D eigenvalue weighted by molar-refractivity contribution is -0.141. The van der Waals surface area contributed by atoms with Crippen LogP contribution in [0.15, 0.2) is 65.6 Å². The van der Waals surface area contributed by atoms with E-state index < -0.39 is 27.9 Å². The smallest absolute Gasteiger partial charge is 0.305 e. The Morgan fingerprint density at radius 2 is 1.92 bits per heavy atom. The molecule has 0 amide bonds. The molecule has 3 aromatic rings. The Morgan fingerprint density at radius 3 is 2.63 bits per heavy atom. The number of hydrogen-bond acceptors (Lipinski definition) is 6. The van der Waals surface area contributed by atoms with Crippen LogP contribution in [-0.4, -0.2) is 41.3 Å². The van der Waals surface area contributed by atoms with Gasteiger partial charge in [-0.15, -0.1) is 0 Å². The number of ether oxygens (including phenoxy) is 3. The number of nitrogens with zero attached hydrogens (tertiary/aromatic N) is 1. The second kappa shape index (κ2) is 11.4. The number of sulfonamides is 1. The summed E-state index contributed by atoms with van der Waals surface area (Å²) >= 11 is 6.23. The van der Waals surface area contributed by atoms with Crippen LogP contribution in [0.25, 0.3) is 11.6 Å². The van der Waals surface area contributed by atoms with E-state index in [-0.39, 0.29) is 34.9 Å². The number of anilines is 1. The predicted molar refractivity (Wildman–Crippen MR) is 145 cm³/mol. The van der Waals surface area contributed by atoms with Gasteiger partial charge in [-0.3, -0.25) is 9.10 Å². The van der Waals surface area contributed by atoms with Gasteiger partial charge in [0, 0.05) is 18.1 Å². The molecule has 1 atom stereocenters. The first-order valence-corrected chi connectivity index (χ1v) is 13.6. The summed E-state index contributed by atoms with van der Waals surface area (Å²) in [5, 5.41) is 0.274. The van der Waals surface area contributed by atoms with E-state index in [1.807, 2.05) is 0 Å². The Labute approximate surface area is 226 Å². The average Bonchev–Trinajstić information content (AvgIpc) is 2.91. The van der Waals surface area contributed by atoms with Crippen molar-refractivity contribution in [3.63, 3.8) is 0 Å². The van der Waals surface area contributed by atoms with Gasteiger partial charge in [0.1, 0.15) is 23.4 Å². The molecule has 10 heteroatoms. The first kappa shape index (κ1) is 27.5. The van der Waals surface area contributed by atoms with Gasteiger partial charge in [0.05, 0.1) is 36.4 Å². The van der Waals surface area contributed by atoms with Gasteiger partial charge < -0.3 is 14.2 Å². The van der Waals surface area contributed by atoms with Gasteiger partial charge in [-0.25, -0.2) is 12.8 Å². The highest BCUT2D eigenvalue weighted by Gasteiger charge is 2.35. The molecule has 200 valence electrons. The van der Waals surface area contributed by atoms with Crippen molar-refractivity contribution in [2.75, 3.05) is 25.1 Å². The Bertz CT molecular complexity index is 1470. The summed E-state index contributed by atoms with van der Waals surface area (Å²) in [6.07, 6.45) is 1.49. The van der Waals surface area contributed by atoms with Crippen molar-refractivity contribution in [1.82, 2.24) is 0 Å². The minimum atomic E-state index is -4.04. The van der Waals surface area contributed by atoms with Gasteiger partial charge in [-0.05, 0) is 60.9 Å². The zero-order chi connectivity index (χ0) is 27.4. The van der Waals surface area contributed by atoms with Crippen LogP contribution < -0.4 is 13.8 Å². The Kier molecular flexibility index (Phi) is 8.28. The number of halogens is 2. The van der Waals surface area contributed by atoms with Crippen molar-refractivity contribution in [3.05, 3.63) is 82.6 Å². The van der Waals surface area contributed by atoms with Crippen LogP contribution in [0.5, 0.6) is 11.5 Å². The van der Waals surface area contributed by atoms with Crippen molar-refractivity contribution in [1.29, 1.82) is 0 Å². The third kappa shape index (κ3) is 5.79. The Balaban J connectivity index is 1.77. The molecule has 38 heavy (non-hydrogen) atoms. The van der Waals surface area contributed by atoms with E-state index in [0.717, 1.165) is 0 Å². The van der Waals surface area contributed by atoms with Crippen molar-refractivity contribution >= 4 is 44.9 Å². The minimum Gasteiger partial charge on any atom is -0.497 e. The maximum absolute atomic E-state index is 14.5. The van der Waals surface area contributed by atoms with Crippen LogP contribution >= 0.6 is 11.6 Å². The summed E-state index contributed by atoms with van der Waals surface area (Å²) in [4.78, 5) is 11.8. The fourth-order valence-corrected chi connectivity index (χ4v) is 6.11. The standard InChI is InChI=1S/C28H27ClFNO6S/c1-18(28-23(29)8-5-9-24(28)30)14-19-10-12-26-25(15-19)31(17-21(37-26)11-13-27(32)36-3)38(33,34)22-7-4-6-20(16-22)35-2/h4-10,12,14-16,21H,11,13,17H2,1-3H3. The van der Waals surface area contributed by atoms with E-state index in [4.69, 9.17) is 25.8 Å². The topological polar surface area (TPSA) is 82.1 Å². The first-order valence-electron chi connectivity index (χ1n) is 11.8. The van der Waals surface area contributed by atoms with Crippen LogP contribution in [-0.2, 0) is 19.6 Å². The molecule has 0 saturated heterocycles. The highest BCUT2D eigenvalue weighted by Crippen LogP contribution is 2.40. The number of methoxy groups -OCH3 is 2. The fourth-order valence-electron chi connectivity index (χ4n) is 4.26. The molecule has 0 N–H and O–H groups in total. The highest BCUT2D eigenvalue weighted by molar-refractivity contribution is 7.92. The quantitative estimate of drug-likeness (QED) is 0.250. The minimum absolute atomic E-state index is 0.0190. The Morgan fingerprint density at radius 1 is 1.16 bits per heavy atom. The molecular formula is C28H27ClFNO6S. The van der Waals surface area contributed by atoms with E-state index in [2.05, 4.69) is 0 Å². The van der Waals surface area contributed by atoms with Gasteiger partial charge in [0.2, 0.25) is 0 Å². The normalized spacial score (nSPS) is 15.4. The van der Waals surface area contributed by atoms with E-state index in [9.17, 15) is 17.6 Å². The maximum Gasteiger partial charge on any atom is 0.305 e. The monoisotopic (exact) mass is 559 g/mol. The summed E-state index contributed by atoms with van der Waals surface area (Å²) in [7, 11) is -1.28. The van der Waals surface area contributed by atoms with Crippen molar-refractivity contribution in [2.45, 2.75) is 30.8 Å². The van der Waals surface area contributed by atoms with E-state index >= 15 is 0 Å². The summed E-state index contributed by atoms with van der Waals surface area (Å²) < 4.78 is 59.4. The summed E-state index contributed by atoms with van der Waals surface area (Å²) in [5.41, 5.74) is 1.79. The molecule has 0 radical (unpaired) electrons. The van der Waals surface area contributed by atoms with Crippen molar-refractivity contribution in [2.24, 2.45) is 0 Å². The summed E-state index contributed by atoms with van der Waals surface area (Å²) in [6, 6.07) is 15.7. The second-order valence-electron chi connectivity index (χ2n) is 8.72. The largest absolute Gasteiger partial charge is 0.497 e. The van der Waals surface area contributed by atoms with E-state index in [1.54, 1.807) is 49.4 Å². The molecule has 0 saturated carbocycles. The van der Waals surface area contributed by atoms with Crippen LogP contribution in [0.1, 0.15) is 30.9 Å². The number of fused-ring (bicyclic) bond motifs is 1. The molecule has 0 fully saturated rings. The lowest BCUT2D eigenvalue weighted by atomic mass is 10.0. The third-order valence-electron chi connectivity index (χ3n) is 6.18. The zero-order valence-corrected chi connectivity index (χ0v) is 22.7. The molecular weight excluding hydrogens is 533 g/mol. The SMILES string of the molecule is COC(=O)CCC1CN(S(=O)(=O)c2cccc(OC)c2)c2cc(C=C(C)c3c(F)cccc3Cl)ccc2O1. The number of rotatable bonds is 8. The molecule has 4 rings (SSSR count). The number of carbonyl (C=O) groups excluding carboxylic acids is 1. The van der Waals surface area contributed by atoms with Crippen LogP contribution in [0.4, 0.5) is 10.1 Å². The molecule has 3 aromatic carbocycles. The van der Waals surface area contributed by atoms with Crippen LogP contribution in [0.2, 0.25) is 5.02 Å². The molecule has 0 aromatic heterocycles. The number of allylic oxidation sites excluding steroid dienone is 1. The number of carbonyl (C=O) groups is 1. The summed E-state index contributed by atoms with van der Waals surface area (Å²) in [6.45, 7) is 1.71. The van der Waals surface area contributed by atoms with Gasteiger partial charge in [0.15, 0.2) is 0 Å². The van der Waals surface area contributed by atoms with Crippen LogP contribution in [0.3, 0.4) is 0 Å². The zero-order valence-electron chi connectivity index (χ0n) is 21.1. The van der Waals surface area contributed by atoms with E-state index in [0.29, 0.717) is 28.3 Å². The highest BCUT2D eigenvalue weighted by atomic mass is 35.5. The van der Waals surface area contributed by atoms with Crippen molar-refractivity contribution < 1.29 is 31.8 Å². The van der Waals surface area contributed by atoms with Gasteiger partial charge in [-0.2, -0.15) is 0 Å². The number of hydrogen-bond donors (Lipinski definition) is 0. The third-order valence-corrected chi connectivity index (χ3v) is 8.27. The molecule has 1 aliphatic rings.